The Morgan fingerprint density at radius 1 is 0.895 bits per heavy atom. The van der Waals surface area contributed by atoms with Crippen LogP contribution in [0.25, 0.3) is 10.9 Å². The highest BCUT2D eigenvalue weighted by molar-refractivity contribution is 5.85. The Morgan fingerprint density at radius 2 is 1.68 bits per heavy atom. The van der Waals surface area contributed by atoms with Gasteiger partial charge in [-0.1, -0.05) is 6.07 Å². The van der Waals surface area contributed by atoms with Gasteiger partial charge < -0.3 is 10.5 Å². The van der Waals surface area contributed by atoms with Crippen molar-refractivity contribution in [2.75, 3.05) is 0 Å². The van der Waals surface area contributed by atoms with Gasteiger partial charge in [0.1, 0.15) is 11.5 Å². The van der Waals surface area contributed by atoms with Crippen LogP contribution in [0.15, 0.2) is 54.9 Å². The molecule has 3 aromatic rings. The molecule has 3 rings (SSSR count). The number of rotatable bonds is 3. The van der Waals surface area contributed by atoms with Crippen LogP contribution in [0.1, 0.15) is 5.69 Å². The number of fused-ring (bicyclic) bond motifs is 1. The van der Waals surface area contributed by atoms with Crippen LogP contribution in [0.5, 0.6) is 11.5 Å². The van der Waals surface area contributed by atoms with E-state index in [0.717, 1.165) is 22.3 Å². The molecule has 0 spiro atoms. The highest BCUT2D eigenvalue weighted by Crippen LogP contribution is 2.29. The van der Waals surface area contributed by atoms with Crippen molar-refractivity contribution < 1.29 is 4.74 Å². The van der Waals surface area contributed by atoms with Crippen molar-refractivity contribution in [2.45, 2.75) is 6.54 Å². The smallest absolute Gasteiger partial charge is 0.150 e. The molecule has 19 heavy (non-hydrogen) atoms. The average molecular weight is 251 g/mol. The summed E-state index contributed by atoms with van der Waals surface area (Å²) in [5.41, 5.74) is 7.30. The Morgan fingerprint density at radius 3 is 2.58 bits per heavy atom. The van der Waals surface area contributed by atoms with Crippen molar-refractivity contribution in [1.82, 2.24) is 9.97 Å². The maximum Gasteiger partial charge on any atom is 0.150 e. The fourth-order valence-corrected chi connectivity index (χ4v) is 1.95. The first-order chi connectivity index (χ1) is 9.38. The van der Waals surface area contributed by atoms with Gasteiger partial charge in [0.2, 0.25) is 0 Å². The molecule has 0 saturated heterocycles. The molecular formula is C15H13N3O. The third-order valence-electron chi connectivity index (χ3n) is 2.87. The van der Waals surface area contributed by atoms with Gasteiger partial charge in [0.15, 0.2) is 0 Å². The summed E-state index contributed by atoms with van der Waals surface area (Å²) in [6.45, 7) is 0.346. The van der Waals surface area contributed by atoms with E-state index in [1.165, 1.54) is 0 Å². The molecular weight excluding hydrogens is 238 g/mol. The lowest BCUT2D eigenvalue weighted by Gasteiger charge is -2.10. The summed E-state index contributed by atoms with van der Waals surface area (Å²) in [5.74, 6) is 1.44. The largest absolute Gasteiger partial charge is 0.455 e. The molecule has 0 fully saturated rings. The summed E-state index contributed by atoms with van der Waals surface area (Å²) in [6, 6.07) is 13.4. The quantitative estimate of drug-likeness (QED) is 0.777. The molecule has 1 aromatic carbocycles. The number of hydrogen-bond acceptors (Lipinski definition) is 4. The monoisotopic (exact) mass is 251 g/mol. The van der Waals surface area contributed by atoms with Gasteiger partial charge in [0, 0.05) is 24.3 Å². The molecule has 2 N–H and O–H groups in total. The van der Waals surface area contributed by atoms with Crippen molar-refractivity contribution in [1.29, 1.82) is 0 Å². The van der Waals surface area contributed by atoms with E-state index >= 15 is 0 Å². The molecule has 0 atom stereocenters. The Balaban J connectivity index is 2.06. The topological polar surface area (TPSA) is 61.0 Å². The van der Waals surface area contributed by atoms with Crippen LogP contribution in [-0.4, -0.2) is 9.97 Å². The summed E-state index contributed by atoms with van der Waals surface area (Å²) >= 11 is 0. The summed E-state index contributed by atoms with van der Waals surface area (Å²) in [5, 5.41) is 0.969. The third kappa shape index (κ3) is 2.26. The van der Waals surface area contributed by atoms with Gasteiger partial charge in [-0.25, -0.2) is 0 Å². The highest BCUT2D eigenvalue weighted by Gasteiger charge is 2.07. The molecule has 0 bridgehead atoms. The zero-order chi connectivity index (χ0) is 13.1. The van der Waals surface area contributed by atoms with Crippen molar-refractivity contribution >= 4 is 10.9 Å². The number of nitrogens with two attached hydrogens (primary N) is 1. The Labute approximate surface area is 110 Å². The van der Waals surface area contributed by atoms with E-state index in [1.807, 2.05) is 42.5 Å². The fourth-order valence-electron chi connectivity index (χ4n) is 1.95. The first-order valence-electron chi connectivity index (χ1n) is 6.04. The van der Waals surface area contributed by atoms with Crippen LogP contribution in [-0.2, 0) is 6.54 Å². The van der Waals surface area contributed by atoms with E-state index in [1.54, 1.807) is 12.4 Å². The summed E-state index contributed by atoms with van der Waals surface area (Å²) in [7, 11) is 0. The van der Waals surface area contributed by atoms with Crippen molar-refractivity contribution in [3.63, 3.8) is 0 Å². The van der Waals surface area contributed by atoms with E-state index in [-0.39, 0.29) is 0 Å². The summed E-state index contributed by atoms with van der Waals surface area (Å²) in [4.78, 5) is 8.51. The number of ether oxygens (including phenoxy) is 1. The minimum atomic E-state index is 0.346. The molecule has 4 heteroatoms. The van der Waals surface area contributed by atoms with E-state index in [9.17, 15) is 0 Å². The van der Waals surface area contributed by atoms with Crippen molar-refractivity contribution in [3.8, 4) is 11.5 Å². The molecule has 0 saturated carbocycles. The SMILES string of the molecule is NCc1ncccc1Oc1cccc2ncccc12. The van der Waals surface area contributed by atoms with E-state index in [0.29, 0.717) is 12.3 Å². The Kier molecular flexibility index (Phi) is 3.08. The predicted octanol–water partition coefficient (Wildman–Crippen LogP) is 2.88. The number of aromatic nitrogens is 2. The molecule has 0 unspecified atom stereocenters. The number of hydrogen-bond donors (Lipinski definition) is 1. The van der Waals surface area contributed by atoms with E-state index in [4.69, 9.17) is 10.5 Å². The van der Waals surface area contributed by atoms with Gasteiger partial charge in [-0.2, -0.15) is 0 Å². The lowest BCUT2D eigenvalue weighted by Crippen LogP contribution is -2.02. The second-order valence-corrected chi connectivity index (χ2v) is 4.08. The van der Waals surface area contributed by atoms with Crippen LogP contribution < -0.4 is 10.5 Å². The molecule has 0 aliphatic heterocycles. The second-order valence-electron chi connectivity index (χ2n) is 4.08. The number of pyridine rings is 2. The number of nitrogens with zero attached hydrogens (tertiary/aromatic N) is 2. The second kappa shape index (κ2) is 5.04. The van der Waals surface area contributed by atoms with Crippen LogP contribution in [0.4, 0.5) is 0 Å². The lowest BCUT2D eigenvalue weighted by molar-refractivity contribution is 0.478. The first kappa shape index (κ1) is 11.6. The molecule has 0 radical (unpaired) electrons. The van der Waals surface area contributed by atoms with E-state index < -0.39 is 0 Å². The zero-order valence-electron chi connectivity index (χ0n) is 10.3. The van der Waals surface area contributed by atoms with Gasteiger partial charge in [-0.05, 0) is 36.4 Å². The van der Waals surface area contributed by atoms with Gasteiger partial charge in [0.05, 0.1) is 11.2 Å². The fraction of sp³-hybridized carbons (Fsp3) is 0.0667. The highest BCUT2D eigenvalue weighted by atomic mass is 16.5. The standard InChI is InChI=1S/C15H13N3O/c16-10-13-15(7-3-9-18-13)19-14-6-1-5-12-11(14)4-2-8-17-12/h1-9H,10,16H2. The minimum Gasteiger partial charge on any atom is -0.455 e. The minimum absolute atomic E-state index is 0.346. The maximum atomic E-state index is 5.93. The maximum absolute atomic E-state index is 5.93. The van der Waals surface area contributed by atoms with Crippen molar-refractivity contribution in [2.24, 2.45) is 5.73 Å². The Hall–Kier alpha value is -2.46. The van der Waals surface area contributed by atoms with Gasteiger partial charge >= 0.3 is 0 Å². The van der Waals surface area contributed by atoms with Gasteiger partial charge in [-0.3, -0.25) is 9.97 Å². The molecule has 2 heterocycles. The van der Waals surface area contributed by atoms with E-state index in [2.05, 4.69) is 9.97 Å². The summed E-state index contributed by atoms with van der Waals surface area (Å²) in [6.07, 6.45) is 3.47. The van der Waals surface area contributed by atoms with Crippen LogP contribution in [0.2, 0.25) is 0 Å². The molecule has 0 aliphatic carbocycles. The molecule has 2 aromatic heterocycles. The molecule has 0 aliphatic rings. The molecule has 94 valence electrons. The predicted molar refractivity (Wildman–Crippen MR) is 73.9 cm³/mol. The zero-order valence-corrected chi connectivity index (χ0v) is 10.3. The molecule has 4 nitrogen and oxygen atoms in total. The lowest BCUT2D eigenvalue weighted by atomic mass is 10.2. The Bertz CT molecular complexity index is 707. The first-order valence-corrected chi connectivity index (χ1v) is 6.04. The third-order valence-corrected chi connectivity index (χ3v) is 2.87. The average Bonchev–Trinajstić information content (AvgIpc) is 2.48. The van der Waals surface area contributed by atoms with Crippen LogP contribution in [0.3, 0.4) is 0 Å². The molecule has 0 amide bonds. The number of benzene rings is 1. The van der Waals surface area contributed by atoms with Crippen LogP contribution in [0, 0.1) is 0 Å². The normalized spacial score (nSPS) is 10.6. The van der Waals surface area contributed by atoms with Crippen molar-refractivity contribution in [3.05, 3.63) is 60.6 Å². The van der Waals surface area contributed by atoms with Gasteiger partial charge in [0.25, 0.3) is 0 Å². The summed E-state index contributed by atoms with van der Waals surface area (Å²) < 4.78 is 5.93. The van der Waals surface area contributed by atoms with Crippen LogP contribution >= 0.6 is 0 Å². The van der Waals surface area contributed by atoms with Gasteiger partial charge in [-0.15, -0.1) is 0 Å².